The van der Waals surface area contributed by atoms with Crippen LogP contribution in [0, 0.1) is 0 Å². The molecule has 1 unspecified atom stereocenters. The maximum Gasteiger partial charge on any atom is 0.0837 e. The SMILES string of the molecule is CC(C)(C)OC(C)(C)CCOC(C)(C)CC1CO1. The number of hydrogen-bond acceptors (Lipinski definition) is 3. The quantitative estimate of drug-likeness (QED) is 0.654. The van der Waals surface area contributed by atoms with Crippen LogP contribution in [0.3, 0.4) is 0 Å². The van der Waals surface area contributed by atoms with Gasteiger partial charge in [-0.3, -0.25) is 0 Å². The van der Waals surface area contributed by atoms with E-state index in [9.17, 15) is 0 Å². The van der Waals surface area contributed by atoms with Gasteiger partial charge in [-0.05, 0) is 54.9 Å². The second-order valence-electron chi connectivity index (χ2n) is 7.49. The molecule has 3 heteroatoms. The zero-order valence-corrected chi connectivity index (χ0v) is 13.1. The predicted octanol–water partition coefficient (Wildman–Crippen LogP) is 3.55. The smallest absolute Gasteiger partial charge is 0.0837 e. The van der Waals surface area contributed by atoms with Gasteiger partial charge in [0.1, 0.15) is 0 Å². The topological polar surface area (TPSA) is 31.0 Å². The van der Waals surface area contributed by atoms with Gasteiger partial charge in [0.25, 0.3) is 0 Å². The Morgan fingerprint density at radius 3 is 2.00 bits per heavy atom. The molecule has 0 spiro atoms. The van der Waals surface area contributed by atoms with Crippen molar-refractivity contribution in [3.63, 3.8) is 0 Å². The van der Waals surface area contributed by atoms with Crippen LogP contribution in [0.25, 0.3) is 0 Å². The van der Waals surface area contributed by atoms with E-state index in [2.05, 4.69) is 48.5 Å². The molecule has 1 aliphatic rings. The molecule has 108 valence electrons. The van der Waals surface area contributed by atoms with E-state index >= 15 is 0 Å². The third-order valence-corrected chi connectivity index (χ3v) is 2.90. The first-order valence-corrected chi connectivity index (χ1v) is 6.95. The van der Waals surface area contributed by atoms with Crippen molar-refractivity contribution in [3.8, 4) is 0 Å². The Labute approximate surface area is 112 Å². The number of ether oxygens (including phenoxy) is 3. The Kier molecular flexibility index (Phi) is 4.85. The predicted molar refractivity (Wildman–Crippen MR) is 73.9 cm³/mol. The molecule has 0 amide bonds. The molecule has 0 saturated carbocycles. The van der Waals surface area contributed by atoms with Gasteiger partial charge in [0.2, 0.25) is 0 Å². The Morgan fingerprint density at radius 1 is 1.00 bits per heavy atom. The number of rotatable bonds is 7. The van der Waals surface area contributed by atoms with Crippen molar-refractivity contribution in [1.82, 2.24) is 0 Å². The minimum absolute atomic E-state index is 0.0982. The normalized spacial score (nSPS) is 21.2. The summed E-state index contributed by atoms with van der Waals surface area (Å²) in [6, 6.07) is 0. The summed E-state index contributed by atoms with van der Waals surface area (Å²) >= 11 is 0. The lowest BCUT2D eigenvalue weighted by molar-refractivity contribution is -0.132. The van der Waals surface area contributed by atoms with Crippen LogP contribution in [0.1, 0.15) is 61.3 Å². The lowest BCUT2D eigenvalue weighted by Crippen LogP contribution is -2.37. The van der Waals surface area contributed by atoms with Crippen molar-refractivity contribution >= 4 is 0 Å². The van der Waals surface area contributed by atoms with Gasteiger partial charge in [-0.1, -0.05) is 0 Å². The van der Waals surface area contributed by atoms with Crippen LogP contribution in [-0.4, -0.2) is 36.1 Å². The molecule has 0 bridgehead atoms. The van der Waals surface area contributed by atoms with E-state index in [1.165, 1.54) is 0 Å². The van der Waals surface area contributed by atoms with Gasteiger partial charge in [0.05, 0.1) is 36.1 Å². The zero-order valence-electron chi connectivity index (χ0n) is 13.1. The first kappa shape index (κ1) is 15.9. The van der Waals surface area contributed by atoms with E-state index in [4.69, 9.17) is 14.2 Å². The van der Waals surface area contributed by atoms with Gasteiger partial charge in [0, 0.05) is 6.42 Å². The first-order chi connectivity index (χ1) is 7.99. The van der Waals surface area contributed by atoms with Crippen molar-refractivity contribution in [3.05, 3.63) is 0 Å². The van der Waals surface area contributed by atoms with Crippen LogP contribution in [-0.2, 0) is 14.2 Å². The average molecular weight is 258 g/mol. The summed E-state index contributed by atoms with van der Waals surface area (Å²) in [4.78, 5) is 0. The highest BCUT2D eigenvalue weighted by Crippen LogP contribution is 2.27. The molecular formula is C15H30O3. The molecular weight excluding hydrogens is 228 g/mol. The van der Waals surface area contributed by atoms with E-state index in [1.54, 1.807) is 0 Å². The molecule has 0 aliphatic carbocycles. The maximum absolute atomic E-state index is 6.03. The molecule has 0 N–H and O–H groups in total. The van der Waals surface area contributed by atoms with Crippen LogP contribution in [0.2, 0.25) is 0 Å². The fourth-order valence-electron chi connectivity index (χ4n) is 2.25. The Hall–Kier alpha value is -0.120. The molecule has 1 fully saturated rings. The standard InChI is InChI=1S/C15H30O3/c1-13(2,3)18-14(4,5)8-9-17-15(6,7)10-12-11-16-12/h12H,8-11H2,1-7H3. The highest BCUT2D eigenvalue weighted by molar-refractivity contribution is 4.81. The van der Waals surface area contributed by atoms with E-state index < -0.39 is 0 Å². The van der Waals surface area contributed by atoms with Crippen molar-refractivity contribution < 1.29 is 14.2 Å². The number of epoxide rings is 1. The van der Waals surface area contributed by atoms with Crippen LogP contribution in [0.4, 0.5) is 0 Å². The highest BCUT2D eigenvalue weighted by atomic mass is 16.6. The van der Waals surface area contributed by atoms with Crippen LogP contribution in [0.5, 0.6) is 0 Å². The average Bonchev–Trinajstić information content (AvgIpc) is 2.80. The van der Waals surface area contributed by atoms with Crippen molar-refractivity contribution in [2.24, 2.45) is 0 Å². The van der Waals surface area contributed by atoms with Gasteiger partial charge >= 0.3 is 0 Å². The van der Waals surface area contributed by atoms with Crippen LogP contribution >= 0.6 is 0 Å². The van der Waals surface area contributed by atoms with Gasteiger partial charge in [-0.25, -0.2) is 0 Å². The van der Waals surface area contributed by atoms with E-state index in [1.807, 2.05) is 0 Å². The minimum Gasteiger partial charge on any atom is -0.375 e. The zero-order chi connectivity index (χ0) is 14.0. The van der Waals surface area contributed by atoms with Gasteiger partial charge in [-0.15, -0.1) is 0 Å². The third-order valence-electron chi connectivity index (χ3n) is 2.90. The second kappa shape index (κ2) is 5.48. The van der Waals surface area contributed by atoms with Gasteiger partial charge in [0.15, 0.2) is 0 Å². The molecule has 1 rings (SSSR count). The second-order valence-corrected chi connectivity index (χ2v) is 7.49. The lowest BCUT2D eigenvalue weighted by atomic mass is 10.0. The monoisotopic (exact) mass is 258 g/mol. The fraction of sp³-hybridized carbons (Fsp3) is 1.00. The van der Waals surface area contributed by atoms with Crippen molar-refractivity contribution in [1.29, 1.82) is 0 Å². The van der Waals surface area contributed by atoms with Crippen LogP contribution < -0.4 is 0 Å². The Balaban J connectivity index is 2.26. The summed E-state index contributed by atoms with van der Waals surface area (Å²) in [6.45, 7) is 16.4. The van der Waals surface area contributed by atoms with E-state index in [0.29, 0.717) is 6.10 Å². The minimum atomic E-state index is -0.148. The molecule has 0 aromatic carbocycles. The Morgan fingerprint density at radius 2 is 1.56 bits per heavy atom. The van der Waals surface area contributed by atoms with Crippen LogP contribution in [0.15, 0.2) is 0 Å². The maximum atomic E-state index is 6.03. The molecule has 0 aromatic heterocycles. The summed E-state index contributed by atoms with van der Waals surface area (Å²) in [5.74, 6) is 0. The molecule has 1 heterocycles. The largest absolute Gasteiger partial charge is 0.375 e. The van der Waals surface area contributed by atoms with Crippen molar-refractivity contribution in [2.75, 3.05) is 13.2 Å². The molecule has 0 aromatic rings. The molecule has 3 nitrogen and oxygen atoms in total. The van der Waals surface area contributed by atoms with Crippen molar-refractivity contribution in [2.45, 2.75) is 84.2 Å². The molecule has 1 saturated heterocycles. The molecule has 18 heavy (non-hydrogen) atoms. The number of hydrogen-bond donors (Lipinski definition) is 0. The van der Waals surface area contributed by atoms with E-state index in [-0.39, 0.29) is 16.8 Å². The third kappa shape index (κ3) is 7.34. The summed E-state index contributed by atoms with van der Waals surface area (Å²) in [7, 11) is 0. The first-order valence-electron chi connectivity index (χ1n) is 6.95. The summed E-state index contributed by atoms with van der Waals surface area (Å²) < 4.78 is 17.3. The molecule has 1 atom stereocenters. The Bertz CT molecular complexity index is 259. The lowest BCUT2D eigenvalue weighted by Gasteiger charge is -2.35. The van der Waals surface area contributed by atoms with Gasteiger partial charge < -0.3 is 14.2 Å². The van der Waals surface area contributed by atoms with Gasteiger partial charge in [-0.2, -0.15) is 0 Å². The highest BCUT2D eigenvalue weighted by Gasteiger charge is 2.32. The molecule has 0 radical (unpaired) electrons. The summed E-state index contributed by atoms with van der Waals surface area (Å²) in [5.41, 5.74) is -0.357. The summed E-state index contributed by atoms with van der Waals surface area (Å²) in [5, 5.41) is 0. The molecule has 1 aliphatic heterocycles. The van der Waals surface area contributed by atoms with E-state index in [0.717, 1.165) is 26.1 Å². The summed E-state index contributed by atoms with van der Waals surface area (Å²) in [6.07, 6.45) is 2.30. The fourth-order valence-corrected chi connectivity index (χ4v) is 2.25.